The SMILES string of the molecule is Cc1cc(OCc2ccc(C3CCCC3)c(C(F)(F)F)c2)cc2cc[nH]c12. The first-order valence-electron chi connectivity index (χ1n) is 9.32. The highest BCUT2D eigenvalue weighted by Gasteiger charge is 2.36. The predicted molar refractivity (Wildman–Crippen MR) is 100 cm³/mol. The highest BCUT2D eigenvalue weighted by atomic mass is 19.4. The second kappa shape index (κ2) is 6.95. The summed E-state index contributed by atoms with van der Waals surface area (Å²) in [6, 6.07) is 10.4. The number of benzene rings is 2. The van der Waals surface area contributed by atoms with Crippen molar-refractivity contribution in [2.75, 3.05) is 0 Å². The number of aromatic amines is 1. The molecular formula is C22H22F3NO. The van der Waals surface area contributed by atoms with Crippen LogP contribution in [0.2, 0.25) is 0 Å². The van der Waals surface area contributed by atoms with Gasteiger partial charge >= 0.3 is 6.18 Å². The Morgan fingerprint density at radius 2 is 1.85 bits per heavy atom. The fourth-order valence-electron chi connectivity index (χ4n) is 4.11. The Morgan fingerprint density at radius 1 is 1.07 bits per heavy atom. The number of rotatable bonds is 4. The molecule has 5 heteroatoms. The van der Waals surface area contributed by atoms with Gasteiger partial charge in [-0.1, -0.05) is 25.0 Å². The van der Waals surface area contributed by atoms with Crippen LogP contribution in [0.3, 0.4) is 0 Å². The summed E-state index contributed by atoms with van der Waals surface area (Å²) in [5.74, 6) is 0.684. The summed E-state index contributed by atoms with van der Waals surface area (Å²) < 4.78 is 46.6. The minimum Gasteiger partial charge on any atom is -0.489 e. The Kier molecular flexibility index (Phi) is 4.62. The minimum absolute atomic E-state index is 0.0234. The van der Waals surface area contributed by atoms with E-state index in [2.05, 4.69) is 4.98 Å². The lowest BCUT2D eigenvalue weighted by atomic mass is 9.91. The number of alkyl halides is 3. The minimum atomic E-state index is -4.34. The van der Waals surface area contributed by atoms with E-state index in [-0.39, 0.29) is 12.5 Å². The average Bonchev–Trinajstić information content (AvgIpc) is 3.31. The van der Waals surface area contributed by atoms with Crippen molar-refractivity contribution in [3.8, 4) is 5.75 Å². The summed E-state index contributed by atoms with van der Waals surface area (Å²) in [5.41, 5.74) is 2.56. The van der Waals surface area contributed by atoms with Crippen molar-refractivity contribution < 1.29 is 17.9 Å². The molecule has 1 aliphatic carbocycles. The monoisotopic (exact) mass is 373 g/mol. The summed E-state index contributed by atoms with van der Waals surface area (Å²) >= 11 is 0. The van der Waals surface area contributed by atoms with Crippen molar-refractivity contribution in [2.24, 2.45) is 0 Å². The zero-order valence-corrected chi connectivity index (χ0v) is 15.2. The Morgan fingerprint density at radius 3 is 2.59 bits per heavy atom. The molecule has 1 fully saturated rings. The molecule has 0 saturated heterocycles. The van der Waals surface area contributed by atoms with Crippen molar-refractivity contribution in [1.82, 2.24) is 4.98 Å². The van der Waals surface area contributed by atoms with Gasteiger partial charge < -0.3 is 9.72 Å². The van der Waals surface area contributed by atoms with Crippen LogP contribution >= 0.6 is 0 Å². The van der Waals surface area contributed by atoms with Crippen LogP contribution in [-0.4, -0.2) is 4.98 Å². The first-order valence-corrected chi connectivity index (χ1v) is 9.32. The number of hydrogen-bond acceptors (Lipinski definition) is 1. The Balaban J connectivity index is 1.58. The third kappa shape index (κ3) is 3.68. The molecule has 0 amide bonds. The topological polar surface area (TPSA) is 25.0 Å². The molecule has 2 aromatic carbocycles. The summed E-state index contributed by atoms with van der Waals surface area (Å²) in [6.07, 6.45) is 1.22. The molecule has 1 aromatic heterocycles. The third-order valence-electron chi connectivity index (χ3n) is 5.45. The van der Waals surface area contributed by atoms with Gasteiger partial charge in [-0.15, -0.1) is 0 Å². The fraction of sp³-hybridized carbons (Fsp3) is 0.364. The largest absolute Gasteiger partial charge is 0.489 e. The van der Waals surface area contributed by atoms with Crippen LogP contribution in [0.4, 0.5) is 13.2 Å². The summed E-state index contributed by atoms with van der Waals surface area (Å²) in [5, 5.41) is 1.03. The lowest BCUT2D eigenvalue weighted by Crippen LogP contribution is -2.12. The first-order chi connectivity index (χ1) is 12.9. The molecule has 1 aliphatic rings. The van der Waals surface area contributed by atoms with Crippen molar-refractivity contribution in [1.29, 1.82) is 0 Å². The van der Waals surface area contributed by atoms with Crippen LogP contribution in [0.1, 0.15) is 53.9 Å². The van der Waals surface area contributed by atoms with Gasteiger partial charge in [0.15, 0.2) is 0 Å². The summed E-state index contributed by atoms with van der Waals surface area (Å²) in [6.45, 7) is 2.09. The number of halogens is 3. The molecule has 0 spiro atoms. The van der Waals surface area contributed by atoms with Crippen LogP contribution in [0.15, 0.2) is 42.6 Å². The number of aromatic nitrogens is 1. The highest BCUT2D eigenvalue weighted by molar-refractivity contribution is 5.84. The molecular weight excluding hydrogens is 351 g/mol. The molecule has 142 valence electrons. The molecule has 1 N–H and O–H groups in total. The zero-order valence-electron chi connectivity index (χ0n) is 15.2. The van der Waals surface area contributed by atoms with E-state index in [4.69, 9.17) is 4.74 Å². The Hall–Kier alpha value is -2.43. The van der Waals surface area contributed by atoms with Crippen LogP contribution in [-0.2, 0) is 12.8 Å². The van der Waals surface area contributed by atoms with Gasteiger partial charge in [0.25, 0.3) is 0 Å². The quantitative estimate of drug-likeness (QED) is 0.539. The van der Waals surface area contributed by atoms with E-state index >= 15 is 0 Å². The molecule has 0 aliphatic heterocycles. The lowest BCUT2D eigenvalue weighted by Gasteiger charge is -2.19. The maximum atomic E-state index is 13.6. The number of nitrogens with one attached hydrogen (secondary N) is 1. The van der Waals surface area contributed by atoms with Gasteiger partial charge in [-0.2, -0.15) is 13.2 Å². The Bertz CT molecular complexity index is 952. The van der Waals surface area contributed by atoms with Crippen LogP contribution in [0.25, 0.3) is 10.9 Å². The maximum Gasteiger partial charge on any atom is 0.416 e. The van der Waals surface area contributed by atoms with E-state index in [0.717, 1.165) is 42.1 Å². The van der Waals surface area contributed by atoms with Gasteiger partial charge in [0.1, 0.15) is 12.4 Å². The van der Waals surface area contributed by atoms with Gasteiger partial charge in [0.05, 0.1) is 5.56 Å². The van der Waals surface area contributed by atoms with E-state index < -0.39 is 11.7 Å². The average molecular weight is 373 g/mol. The van der Waals surface area contributed by atoms with Gasteiger partial charge in [-0.3, -0.25) is 0 Å². The molecule has 0 atom stereocenters. The molecule has 0 unspecified atom stereocenters. The predicted octanol–water partition coefficient (Wildman–Crippen LogP) is 6.73. The van der Waals surface area contributed by atoms with Crippen molar-refractivity contribution in [3.05, 3.63) is 64.8 Å². The van der Waals surface area contributed by atoms with Gasteiger partial charge in [0, 0.05) is 17.1 Å². The summed E-state index contributed by atoms with van der Waals surface area (Å²) in [4.78, 5) is 3.17. The third-order valence-corrected chi connectivity index (χ3v) is 5.45. The molecule has 2 nitrogen and oxygen atoms in total. The van der Waals surface area contributed by atoms with E-state index in [9.17, 15) is 13.2 Å². The molecule has 1 saturated carbocycles. The van der Waals surface area contributed by atoms with Crippen molar-refractivity contribution >= 4 is 10.9 Å². The van der Waals surface area contributed by atoms with Crippen LogP contribution < -0.4 is 4.74 Å². The number of H-pyrrole nitrogens is 1. The van der Waals surface area contributed by atoms with Gasteiger partial charge in [0.2, 0.25) is 0 Å². The fourth-order valence-corrected chi connectivity index (χ4v) is 4.11. The van der Waals surface area contributed by atoms with Crippen LogP contribution in [0, 0.1) is 6.92 Å². The number of ether oxygens (including phenoxy) is 1. The number of aryl methyl sites for hydroxylation is 1. The molecule has 0 radical (unpaired) electrons. The van der Waals surface area contributed by atoms with Crippen molar-refractivity contribution in [2.45, 2.75) is 51.3 Å². The summed E-state index contributed by atoms with van der Waals surface area (Å²) in [7, 11) is 0. The number of fused-ring (bicyclic) bond motifs is 1. The second-order valence-corrected chi connectivity index (χ2v) is 7.37. The van der Waals surface area contributed by atoms with E-state index in [1.165, 1.54) is 6.07 Å². The standard InChI is InChI=1S/C22H22F3NO/c1-14-10-18(12-17-8-9-26-21(14)17)27-13-15-6-7-19(16-4-2-3-5-16)20(11-15)22(23,24)25/h6-12,16,26H,2-5,13H2,1H3. The molecule has 27 heavy (non-hydrogen) atoms. The molecule has 1 heterocycles. The van der Waals surface area contributed by atoms with Crippen molar-refractivity contribution in [3.63, 3.8) is 0 Å². The van der Waals surface area contributed by atoms with E-state index in [1.807, 2.05) is 31.3 Å². The Labute approximate surface area is 156 Å². The van der Waals surface area contributed by atoms with E-state index in [0.29, 0.717) is 16.9 Å². The lowest BCUT2D eigenvalue weighted by molar-refractivity contribution is -0.138. The van der Waals surface area contributed by atoms with Gasteiger partial charge in [-0.25, -0.2) is 0 Å². The van der Waals surface area contributed by atoms with E-state index in [1.54, 1.807) is 12.1 Å². The van der Waals surface area contributed by atoms with Crippen LogP contribution in [0.5, 0.6) is 5.75 Å². The smallest absolute Gasteiger partial charge is 0.416 e. The number of hydrogen-bond donors (Lipinski definition) is 1. The van der Waals surface area contributed by atoms with Gasteiger partial charge in [-0.05, 0) is 66.6 Å². The maximum absolute atomic E-state index is 13.6. The molecule has 4 rings (SSSR count). The zero-order chi connectivity index (χ0) is 19.0. The normalized spacial score (nSPS) is 15.6. The molecule has 3 aromatic rings. The highest BCUT2D eigenvalue weighted by Crippen LogP contribution is 2.42. The second-order valence-electron chi connectivity index (χ2n) is 7.37. The molecule has 0 bridgehead atoms. The first kappa shape index (κ1) is 18.0.